The minimum atomic E-state index is -0.354. The predicted octanol–water partition coefficient (Wildman–Crippen LogP) is 2.02. The van der Waals surface area contributed by atoms with Gasteiger partial charge in [-0.05, 0) is 31.6 Å². The van der Waals surface area contributed by atoms with E-state index in [0.29, 0.717) is 12.5 Å². The maximum Gasteiger partial charge on any atom is 0.256 e. The van der Waals surface area contributed by atoms with Crippen molar-refractivity contribution in [2.45, 2.75) is 59.0 Å². The number of hydrogen-bond donors (Lipinski definition) is 2. The highest BCUT2D eigenvalue weighted by Crippen LogP contribution is 2.35. The van der Waals surface area contributed by atoms with E-state index >= 15 is 0 Å². The lowest BCUT2D eigenvalue weighted by molar-refractivity contribution is 0.0883. The Morgan fingerprint density at radius 2 is 2.09 bits per heavy atom. The Hall–Kier alpha value is -1.62. The molecule has 1 aliphatic carbocycles. The summed E-state index contributed by atoms with van der Waals surface area (Å²) in [6, 6.07) is 1.77. The molecule has 0 aromatic carbocycles. The number of nitrogens with one attached hydrogen (secondary N) is 1. The van der Waals surface area contributed by atoms with Crippen LogP contribution in [0.5, 0.6) is 0 Å². The van der Waals surface area contributed by atoms with Gasteiger partial charge >= 0.3 is 0 Å². The molecule has 0 saturated heterocycles. The van der Waals surface area contributed by atoms with Crippen LogP contribution in [0.4, 0.5) is 0 Å². The number of carbonyl (C=O) groups excluding carboxylic acids is 1. The van der Waals surface area contributed by atoms with Crippen molar-refractivity contribution in [3.05, 3.63) is 33.7 Å². The van der Waals surface area contributed by atoms with Gasteiger partial charge in [0.1, 0.15) is 5.56 Å². The number of nitrogens with zero attached hydrogens (tertiary/aromatic N) is 1. The maximum absolute atomic E-state index is 12.5. The van der Waals surface area contributed by atoms with E-state index in [1.807, 2.05) is 32.3 Å². The molecule has 0 aliphatic heterocycles. The van der Waals surface area contributed by atoms with E-state index in [-0.39, 0.29) is 35.0 Å². The van der Waals surface area contributed by atoms with E-state index in [1.165, 1.54) is 6.07 Å². The molecule has 5 heteroatoms. The van der Waals surface area contributed by atoms with Gasteiger partial charge in [-0.25, -0.2) is 0 Å². The average Bonchev–Trinajstić information content (AvgIpc) is 3.21. The topological polar surface area (TPSA) is 71.3 Å². The van der Waals surface area contributed by atoms with Gasteiger partial charge in [-0.1, -0.05) is 20.8 Å². The van der Waals surface area contributed by atoms with Crippen LogP contribution in [0.3, 0.4) is 0 Å². The summed E-state index contributed by atoms with van der Waals surface area (Å²) >= 11 is 0. The van der Waals surface area contributed by atoms with Crippen molar-refractivity contribution in [2.75, 3.05) is 6.61 Å². The fourth-order valence-electron chi connectivity index (χ4n) is 2.65. The number of amides is 1. The summed E-state index contributed by atoms with van der Waals surface area (Å²) in [7, 11) is 0. The van der Waals surface area contributed by atoms with E-state index in [4.69, 9.17) is 0 Å². The van der Waals surface area contributed by atoms with Crippen molar-refractivity contribution in [3.8, 4) is 0 Å². The van der Waals surface area contributed by atoms with Crippen LogP contribution >= 0.6 is 0 Å². The molecule has 0 bridgehead atoms. The first-order chi connectivity index (χ1) is 10.2. The van der Waals surface area contributed by atoms with Gasteiger partial charge in [0.25, 0.3) is 5.91 Å². The van der Waals surface area contributed by atoms with E-state index < -0.39 is 0 Å². The Kier molecular flexibility index (Phi) is 4.75. The van der Waals surface area contributed by atoms with Crippen LogP contribution < -0.4 is 10.7 Å². The van der Waals surface area contributed by atoms with E-state index in [2.05, 4.69) is 5.32 Å². The minimum absolute atomic E-state index is 0.00240. The number of aromatic nitrogens is 1. The number of aryl methyl sites for hydroxylation is 1. The highest BCUT2D eigenvalue weighted by molar-refractivity contribution is 5.94. The molecule has 1 heterocycles. The number of pyridine rings is 1. The molecular weight excluding hydrogens is 280 g/mol. The van der Waals surface area contributed by atoms with E-state index in [0.717, 1.165) is 18.5 Å². The number of rotatable bonds is 5. The van der Waals surface area contributed by atoms with Crippen molar-refractivity contribution < 1.29 is 9.90 Å². The van der Waals surface area contributed by atoms with Gasteiger partial charge in [0, 0.05) is 36.6 Å². The number of aliphatic hydroxyl groups excluding tert-OH is 1. The molecule has 0 radical (unpaired) electrons. The second-order valence-corrected chi connectivity index (χ2v) is 7.24. The summed E-state index contributed by atoms with van der Waals surface area (Å²) in [6.07, 6.45) is 4.35. The maximum atomic E-state index is 12.5. The van der Waals surface area contributed by atoms with Gasteiger partial charge in [-0.3, -0.25) is 9.59 Å². The van der Waals surface area contributed by atoms with Crippen molar-refractivity contribution >= 4 is 5.91 Å². The molecule has 1 aromatic rings. The standard InChI is InChI=1S/C17H26N2O3/c1-11-9-14(21)13(10-19(11)12-5-6-12)16(22)18-15(7-8-20)17(2,3)4/h9-10,12,15,20H,5-8H2,1-4H3,(H,18,22). The molecule has 1 atom stereocenters. The van der Waals surface area contributed by atoms with Crippen molar-refractivity contribution in [3.63, 3.8) is 0 Å². The lowest BCUT2D eigenvalue weighted by atomic mass is 9.85. The first-order valence-corrected chi connectivity index (χ1v) is 7.88. The SMILES string of the molecule is Cc1cc(=O)c(C(=O)NC(CCO)C(C)(C)C)cn1C1CC1. The van der Waals surface area contributed by atoms with E-state index in [1.54, 1.807) is 6.20 Å². The van der Waals surface area contributed by atoms with Crippen molar-refractivity contribution in [2.24, 2.45) is 5.41 Å². The normalized spacial score (nSPS) is 16.4. The average molecular weight is 306 g/mol. The van der Waals surface area contributed by atoms with Gasteiger partial charge in [0.15, 0.2) is 5.43 Å². The molecule has 22 heavy (non-hydrogen) atoms. The first kappa shape index (κ1) is 16.7. The highest BCUT2D eigenvalue weighted by Gasteiger charge is 2.28. The number of hydrogen-bond acceptors (Lipinski definition) is 3. The smallest absolute Gasteiger partial charge is 0.256 e. The fraction of sp³-hybridized carbons (Fsp3) is 0.647. The molecule has 2 N–H and O–H groups in total. The van der Waals surface area contributed by atoms with Crippen LogP contribution in [0, 0.1) is 12.3 Å². The van der Waals surface area contributed by atoms with Gasteiger partial charge in [0.2, 0.25) is 0 Å². The summed E-state index contributed by atoms with van der Waals surface area (Å²) < 4.78 is 2.02. The summed E-state index contributed by atoms with van der Waals surface area (Å²) in [5.41, 5.74) is 0.651. The summed E-state index contributed by atoms with van der Waals surface area (Å²) in [5, 5.41) is 12.1. The largest absolute Gasteiger partial charge is 0.396 e. The zero-order valence-corrected chi connectivity index (χ0v) is 13.8. The minimum Gasteiger partial charge on any atom is -0.396 e. The Morgan fingerprint density at radius 1 is 1.45 bits per heavy atom. The quantitative estimate of drug-likeness (QED) is 0.874. The van der Waals surface area contributed by atoms with Crippen LogP contribution in [-0.4, -0.2) is 28.2 Å². The van der Waals surface area contributed by atoms with Crippen molar-refractivity contribution in [1.82, 2.24) is 9.88 Å². The highest BCUT2D eigenvalue weighted by atomic mass is 16.3. The van der Waals surface area contributed by atoms with Crippen LogP contribution in [0.15, 0.2) is 17.1 Å². The molecule has 1 aromatic heterocycles. The second kappa shape index (κ2) is 6.24. The van der Waals surface area contributed by atoms with Gasteiger partial charge in [0.05, 0.1) is 0 Å². The molecule has 1 unspecified atom stereocenters. The molecule has 1 aliphatic rings. The van der Waals surface area contributed by atoms with Crippen LogP contribution in [0.2, 0.25) is 0 Å². The number of carbonyl (C=O) groups is 1. The molecule has 2 rings (SSSR count). The fourth-order valence-corrected chi connectivity index (χ4v) is 2.65. The predicted molar refractivity (Wildman–Crippen MR) is 86.1 cm³/mol. The molecule has 5 nitrogen and oxygen atoms in total. The second-order valence-electron chi connectivity index (χ2n) is 7.24. The lowest BCUT2D eigenvalue weighted by Gasteiger charge is -2.31. The summed E-state index contributed by atoms with van der Waals surface area (Å²) in [6.45, 7) is 7.91. The van der Waals surface area contributed by atoms with E-state index in [9.17, 15) is 14.7 Å². The number of aliphatic hydroxyl groups is 1. The Morgan fingerprint density at radius 3 is 2.59 bits per heavy atom. The molecule has 0 spiro atoms. The Labute approximate surface area is 131 Å². The third-order valence-electron chi connectivity index (χ3n) is 4.23. The molecule has 1 saturated carbocycles. The lowest BCUT2D eigenvalue weighted by Crippen LogP contribution is -2.45. The monoisotopic (exact) mass is 306 g/mol. The molecule has 1 amide bonds. The van der Waals surface area contributed by atoms with Crippen LogP contribution in [0.1, 0.15) is 62.1 Å². The van der Waals surface area contributed by atoms with Gasteiger partial charge in [-0.2, -0.15) is 0 Å². The molecular formula is C17H26N2O3. The Balaban J connectivity index is 2.25. The third kappa shape index (κ3) is 3.77. The third-order valence-corrected chi connectivity index (χ3v) is 4.23. The van der Waals surface area contributed by atoms with Crippen molar-refractivity contribution in [1.29, 1.82) is 0 Å². The summed E-state index contributed by atoms with van der Waals surface area (Å²) in [5.74, 6) is -0.354. The van der Waals surface area contributed by atoms with Gasteiger partial charge < -0.3 is 15.0 Å². The van der Waals surface area contributed by atoms with Crippen LogP contribution in [-0.2, 0) is 0 Å². The summed E-state index contributed by atoms with van der Waals surface area (Å²) in [4.78, 5) is 24.6. The Bertz CT molecular complexity index is 609. The zero-order chi connectivity index (χ0) is 16.5. The molecule has 1 fully saturated rings. The van der Waals surface area contributed by atoms with Gasteiger partial charge in [-0.15, -0.1) is 0 Å². The van der Waals surface area contributed by atoms with Crippen LogP contribution in [0.25, 0.3) is 0 Å². The molecule has 122 valence electrons. The first-order valence-electron chi connectivity index (χ1n) is 7.88. The zero-order valence-electron chi connectivity index (χ0n) is 13.8.